The molecule has 2 aromatic carbocycles. The maximum absolute atomic E-state index is 12.0. The van der Waals surface area contributed by atoms with Gasteiger partial charge in [-0.3, -0.25) is 4.79 Å². The second kappa shape index (κ2) is 5.49. The Kier molecular flexibility index (Phi) is 3.55. The number of ketones is 1. The SMILES string of the molecule is CCOc1cccc(-c2cccc3c2CCCC3=O)c1. The topological polar surface area (TPSA) is 26.3 Å². The molecule has 1 aliphatic rings. The average Bonchev–Trinajstić information content (AvgIpc) is 2.48. The van der Waals surface area contributed by atoms with Crippen LogP contribution in [0.5, 0.6) is 5.75 Å². The molecule has 0 amide bonds. The number of benzene rings is 2. The number of hydrogen-bond acceptors (Lipinski definition) is 2. The van der Waals surface area contributed by atoms with E-state index in [1.54, 1.807) is 0 Å². The zero-order valence-electron chi connectivity index (χ0n) is 11.7. The van der Waals surface area contributed by atoms with Crippen LogP contribution in [0.25, 0.3) is 11.1 Å². The van der Waals surface area contributed by atoms with E-state index >= 15 is 0 Å². The number of rotatable bonds is 3. The predicted molar refractivity (Wildman–Crippen MR) is 80.3 cm³/mol. The van der Waals surface area contributed by atoms with Crippen LogP contribution in [0.3, 0.4) is 0 Å². The molecule has 0 bridgehead atoms. The van der Waals surface area contributed by atoms with Crippen molar-refractivity contribution < 1.29 is 9.53 Å². The molecule has 0 fully saturated rings. The van der Waals surface area contributed by atoms with Crippen LogP contribution in [-0.4, -0.2) is 12.4 Å². The van der Waals surface area contributed by atoms with Gasteiger partial charge in [-0.2, -0.15) is 0 Å². The second-order valence-corrected chi connectivity index (χ2v) is 5.07. The fourth-order valence-corrected chi connectivity index (χ4v) is 2.87. The van der Waals surface area contributed by atoms with E-state index in [1.807, 2.05) is 31.2 Å². The highest BCUT2D eigenvalue weighted by molar-refractivity contribution is 6.00. The standard InChI is InChI=1S/C18H18O2/c1-2-20-14-7-3-6-13(12-14)15-8-4-10-17-16(15)9-5-11-18(17)19/h3-4,6-8,10,12H,2,5,9,11H2,1H3. The van der Waals surface area contributed by atoms with Crippen molar-refractivity contribution in [1.82, 2.24) is 0 Å². The summed E-state index contributed by atoms with van der Waals surface area (Å²) in [5, 5.41) is 0. The Hall–Kier alpha value is -2.09. The summed E-state index contributed by atoms with van der Waals surface area (Å²) >= 11 is 0. The molecule has 2 heteroatoms. The zero-order chi connectivity index (χ0) is 13.9. The lowest BCUT2D eigenvalue weighted by molar-refractivity contribution is 0.0972. The number of carbonyl (C=O) groups excluding carboxylic acids is 1. The van der Waals surface area contributed by atoms with Crippen LogP contribution in [0.1, 0.15) is 35.7 Å². The number of fused-ring (bicyclic) bond motifs is 1. The Balaban J connectivity index is 2.08. The van der Waals surface area contributed by atoms with Crippen LogP contribution in [0.15, 0.2) is 42.5 Å². The third-order valence-electron chi connectivity index (χ3n) is 3.76. The van der Waals surface area contributed by atoms with Crippen molar-refractivity contribution in [2.24, 2.45) is 0 Å². The van der Waals surface area contributed by atoms with Crippen molar-refractivity contribution in [2.45, 2.75) is 26.2 Å². The molecule has 1 aliphatic carbocycles. The number of ether oxygens (including phenoxy) is 1. The van der Waals surface area contributed by atoms with E-state index in [0.717, 1.165) is 35.3 Å². The Labute approximate surface area is 119 Å². The number of hydrogen-bond donors (Lipinski definition) is 0. The zero-order valence-corrected chi connectivity index (χ0v) is 11.7. The first-order valence-electron chi connectivity index (χ1n) is 7.18. The monoisotopic (exact) mass is 266 g/mol. The minimum atomic E-state index is 0.272. The molecule has 0 saturated heterocycles. The highest BCUT2D eigenvalue weighted by atomic mass is 16.5. The first-order chi connectivity index (χ1) is 9.79. The minimum Gasteiger partial charge on any atom is -0.494 e. The van der Waals surface area contributed by atoms with Crippen LogP contribution in [0.2, 0.25) is 0 Å². The van der Waals surface area contributed by atoms with Gasteiger partial charge in [0.25, 0.3) is 0 Å². The molecule has 0 atom stereocenters. The van der Waals surface area contributed by atoms with Gasteiger partial charge in [0.05, 0.1) is 6.61 Å². The first-order valence-corrected chi connectivity index (χ1v) is 7.18. The lowest BCUT2D eigenvalue weighted by atomic mass is 9.85. The van der Waals surface area contributed by atoms with Crippen molar-refractivity contribution >= 4 is 5.78 Å². The van der Waals surface area contributed by atoms with E-state index in [-0.39, 0.29) is 5.78 Å². The van der Waals surface area contributed by atoms with E-state index < -0.39 is 0 Å². The summed E-state index contributed by atoms with van der Waals surface area (Å²) < 4.78 is 5.57. The number of Topliss-reactive ketones (excluding diaryl/α,β-unsaturated/α-hetero) is 1. The summed E-state index contributed by atoms with van der Waals surface area (Å²) in [6, 6.07) is 14.1. The van der Waals surface area contributed by atoms with Crippen LogP contribution >= 0.6 is 0 Å². The fraction of sp³-hybridized carbons (Fsp3) is 0.278. The van der Waals surface area contributed by atoms with Gasteiger partial charge in [0, 0.05) is 12.0 Å². The molecule has 0 aliphatic heterocycles. The van der Waals surface area contributed by atoms with E-state index in [1.165, 1.54) is 5.56 Å². The van der Waals surface area contributed by atoms with Gasteiger partial charge in [0.1, 0.15) is 5.75 Å². The molecule has 102 valence electrons. The summed E-state index contributed by atoms with van der Waals surface area (Å²) in [5.74, 6) is 1.15. The highest BCUT2D eigenvalue weighted by Crippen LogP contribution is 2.32. The molecule has 3 rings (SSSR count). The molecule has 2 nitrogen and oxygen atoms in total. The van der Waals surface area contributed by atoms with Crippen molar-refractivity contribution in [2.75, 3.05) is 6.61 Å². The Bertz CT molecular complexity index is 644. The van der Waals surface area contributed by atoms with Gasteiger partial charge in [-0.15, -0.1) is 0 Å². The highest BCUT2D eigenvalue weighted by Gasteiger charge is 2.20. The van der Waals surface area contributed by atoms with Crippen LogP contribution in [-0.2, 0) is 6.42 Å². The van der Waals surface area contributed by atoms with E-state index in [9.17, 15) is 4.79 Å². The van der Waals surface area contributed by atoms with E-state index in [4.69, 9.17) is 4.74 Å². The van der Waals surface area contributed by atoms with E-state index in [2.05, 4.69) is 18.2 Å². The van der Waals surface area contributed by atoms with Crippen LogP contribution < -0.4 is 4.74 Å². The lowest BCUT2D eigenvalue weighted by Crippen LogP contribution is -2.11. The van der Waals surface area contributed by atoms with Gasteiger partial charge in [0.2, 0.25) is 0 Å². The minimum absolute atomic E-state index is 0.272. The molecule has 0 radical (unpaired) electrons. The Morgan fingerprint density at radius 1 is 1.05 bits per heavy atom. The average molecular weight is 266 g/mol. The fourth-order valence-electron chi connectivity index (χ4n) is 2.87. The maximum atomic E-state index is 12.0. The van der Waals surface area contributed by atoms with Gasteiger partial charge >= 0.3 is 0 Å². The second-order valence-electron chi connectivity index (χ2n) is 5.07. The smallest absolute Gasteiger partial charge is 0.163 e. The number of carbonyl (C=O) groups is 1. The van der Waals surface area contributed by atoms with Crippen molar-refractivity contribution in [3.05, 3.63) is 53.6 Å². The molecular formula is C18H18O2. The van der Waals surface area contributed by atoms with Crippen LogP contribution in [0, 0.1) is 0 Å². The molecule has 0 saturated carbocycles. The Morgan fingerprint density at radius 3 is 2.70 bits per heavy atom. The molecular weight excluding hydrogens is 248 g/mol. The predicted octanol–water partition coefficient (Wildman–Crippen LogP) is 4.27. The molecule has 2 aromatic rings. The lowest BCUT2D eigenvalue weighted by Gasteiger charge is -2.18. The maximum Gasteiger partial charge on any atom is 0.163 e. The van der Waals surface area contributed by atoms with Gasteiger partial charge in [-0.05, 0) is 48.6 Å². The third-order valence-corrected chi connectivity index (χ3v) is 3.76. The quantitative estimate of drug-likeness (QED) is 0.829. The summed E-state index contributed by atoms with van der Waals surface area (Å²) in [6.07, 6.45) is 2.61. The summed E-state index contributed by atoms with van der Waals surface area (Å²) in [4.78, 5) is 12.0. The normalized spacial score (nSPS) is 13.9. The summed E-state index contributed by atoms with van der Waals surface area (Å²) in [7, 11) is 0. The van der Waals surface area contributed by atoms with Crippen molar-refractivity contribution in [3.63, 3.8) is 0 Å². The molecule has 20 heavy (non-hydrogen) atoms. The van der Waals surface area contributed by atoms with Gasteiger partial charge in [-0.25, -0.2) is 0 Å². The van der Waals surface area contributed by atoms with Gasteiger partial charge in [0.15, 0.2) is 5.78 Å². The van der Waals surface area contributed by atoms with Crippen LogP contribution in [0.4, 0.5) is 0 Å². The first kappa shape index (κ1) is 12.9. The van der Waals surface area contributed by atoms with Crippen molar-refractivity contribution in [3.8, 4) is 16.9 Å². The molecule has 0 unspecified atom stereocenters. The molecule has 0 aromatic heterocycles. The largest absolute Gasteiger partial charge is 0.494 e. The summed E-state index contributed by atoms with van der Waals surface area (Å²) in [6.45, 7) is 2.64. The van der Waals surface area contributed by atoms with Gasteiger partial charge in [-0.1, -0.05) is 30.3 Å². The van der Waals surface area contributed by atoms with Gasteiger partial charge < -0.3 is 4.74 Å². The Morgan fingerprint density at radius 2 is 1.85 bits per heavy atom. The van der Waals surface area contributed by atoms with E-state index in [0.29, 0.717) is 13.0 Å². The molecule has 0 N–H and O–H groups in total. The third kappa shape index (κ3) is 2.34. The summed E-state index contributed by atoms with van der Waals surface area (Å²) in [5.41, 5.74) is 4.38. The van der Waals surface area contributed by atoms with Crippen molar-refractivity contribution in [1.29, 1.82) is 0 Å². The molecule has 0 heterocycles. The molecule has 0 spiro atoms.